The van der Waals surface area contributed by atoms with Gasteiger partial charge in [0.05, 0.1) is 0 Å². The Bertz CT molecular complexity index is 494. The molecule has 0 aliphatic rings. The minimum atomic E-state index is -0.262. The standard InChI is InChI=1S/C12H12FNO2/c1-8-5-10(13)3-4-12(8)15-7-11-6-9(2)16-14-11/h3-6H,7H2,1-2H3. The van der Waals surface area contributed by atoms with E-state index in [-0.39, 0.29) is 5.82 Å². The first-order valence-electron chi connectivity index (χ1n) is 4.96. The molecular formula is C12H12FNO2. The highest BCUT2D eigenvalue weighted by Crippen LogP contribution is 2.19. The molecule has 0 aliphatic carbocycles. The molecule has 84 valence electrons. The molecule has 16 heavy (non-hydrogen) atoms. The number of halogens is 1. The van der Waals surface area contributed by atoms with E-state index in [0.29, 0.717) is 12.4 Å². The highest BCUT2D eigenvalue weighted by atomic mass is 19.1. The largest absolute Gasteiger partial charge is 0.487 e. The Hall–Kier alpha value is -1.84. The Kier molecular flexibility index (Phi) is 2.90. The van der Waals surface area contributed by atoms with Gasteiger partial charge in [0.2, 0.25) is 0 Å². The maximum Gasteiger partial charge on any atom is 0.134 e. The van der Waals surface area contributed by atoms with Gasteiger partial charge in [-0.2, -0.15) is 0 Å². The van der Waals surface area contributed by atoms with Crippen LogP contribution < -0.4 is 4.74 Å². The SMILES string of the molecule is Cc1cc(COc2ccc(F)cc2C)no1. The van der Waals surface area contributed by atoms with Gasteiger partial charge >= 0.3 is 0 Å². The summed E-state index contributed by atoms with van der Waals surface area (Å²) in [4.78, 5) is 0. The third-order valence-corrected chi connectivity index (χ3v) is 2.19. The molecule has 2 aromatic rings. The van der Waals surface area contributed by atoms with Gasteiger partial charge in [-0.25, -0.2) is 4.39 Å². The molecule has 0 bridgehead atoms. The number of aromatic nitrogens is 1. The maximum absolute atomic E-state index is 12.8. The summed E-state index contributed by atoms with van der Waals surface area (Å²) in [7, 11) is 0. The fourth-order valence-electron chi connectivity index (χ4n) is 1.41. The van der Waals surface area contributed by atoms with Gasteiger partial charge in [0, 0.05) is 6.07 Å². The average molecular weight is 221 g/mol. The summed E-state index contributed by atoms with van der Waals surface area (Å²) in [5.74, 6) is 1.14. The van der Waals surface area contributed by atoms with Crippen LogP contribution in [0.5, 0.6) is 5.75 Å². The van der Waals surface area contributed by atoms with E-state index in [4.69, 9.17) is 9.26 Å². The third kappa shape index (κ3) is 2.39. The highest BCUT2D eigenvalue weighted by molar-refractivity contribution is 5.32. The van der Waals surface area contributed by atoms with Crippen molar-refractivity contribution in [1.29, 1.82) is 0 Å². The van der Waals surface area contributed by atoms with Gasteiger partial charge in [-0.05, 0) is 37.6 Å². The van der Waals surface area contributed by atoms with Gasteiger partial charge in [-0.3, -0.25) is 0 Å². The number of nitrogens with zero attached hydrogens (tertiary/aromatic N) is 1. The molecule has 0 spiro atoms. The van der Waals surface area contributed by atoms with Crippen molar-refractivity contribution in [2.45, 2.75) is 20.5 Å². The topological polar surface area (TPSA) is 35.3 Å². The van der Waals surface area contributed by atoms with Gasteiger partial charge in [-0.1, -0.05) is 5.16 Å². The molecule has 1 heterocycles. The van der Waals surface area contributed by atoms with E-state index in [1.54, 1.807) is 19.1 Å². The summed E-state index contributed by atoms with van der Waals surface area (Å²) >= 11 is 0. The van der Waals surface area contributed by atoms with E-state index in [2.05, 4.69) is 5.16 Å². The smallest absolute Gasteiger partial charge is 0.134 e. The minimum Gasteiger partial charge on any atom is -0.487 e. The fourth-order valence-corrected chi connectivity index (χ4v) is 1.41. The summed E-state index contributed by atoms with van der Waals surface area (Å²) in [5.41, 5.74) is 1.49. The second-order valence-corrected chi connectivity index (χ2v) is 3.63. The minimum absolute atomic E-state index is 0.262. The van der Waals surface area contributed by atoms with Crippen LogP contribution in [0.2, 0.25) is 0 Å². The van der Waals surface area contributed by atoms with Crippen LogP contribution in [0.1, 0.15) is 17.0 Å². The third-order valence-electron chi connectivity index (χ3n) is 2.19. The summed E-state index contributed by atoms with van der Waals surface area (Å²) in [6, 6.07) is 6.22. The van der Waals surface area contributed by atoms with Gasteiger partial charge in [0.25, 0.3) is 0 Å². The predicted octanol–water partition coefficient (Wildman–Crippen LogP) is 3.01. The van der Waals surface area contributed by atoms with Crippen LogP contribution in [0.3, 0.4) is 0 Å². The molecule has 2 rings (SSSR count). The van der Waals surface area contributed by atoms with E-state index in [1.165, 1.54) is 12.1 Å². The lowest BCUT2D eigenvalue weighted by Crippen LogP contribution is -1.97. The molecule has 0 amide bonds. The van der Waals surface area contributed by atoms with Crippen molar-refractivity contribution in [3.05, 3.63) is 47.1 Å². The van der Waals surface area contributed by atoms with E-state index in [0.717, 1.165) is 17.0 Å². The van der Waals surface area contributed by atoms with E-state index >= 15 is 0 Å². The van der Waals surface area contributed by atoms with Crippen LogP contribution in [0.4, 0.5) is 4.39 Å². The lowest BCUT2D eigenvalue weighted by atomic mass is 10.2. The van der Waals surface area contributed by atoms with Gasteiger partial charge in [-0.15, -0.1) is 0 Å². The number of rotatable bonds is 3. The molecule has 0 atom stereocenters. The first-order valence-corrected chi connectivity index (χ1v) is 4.96. The van der Waals surface area contributed by atoms with Crippen molar-refractivity contribution in [3.8, 4) is 5.75 Å². The van der Waals surface area contributed by atoms with Gasteiger partial charge in [0.15, 0.2) is 0 Å². The number of hydrogen-bond acceptors (Lipinski definition) is 3. The summed E-state index contributed by atoms with van der Waals surface area (Å²) in [6.45, 7) is 3.94. The van der Waals surface area contributed by atoms with Crippen molar-refractivity contribution in [1.82, 2.24) is 5.16 Å². The molecular weight excluding hydrogens is 209 g/mol. The van der Waals surface area contributed by atoms with Crippen LogP contribution in [-0.2, 0) is 6.61 Å². The first kappa shape index (κ1) is 10.7. The molecule has 0 N–H and O–H groups in total. The van der Waals surface area contributed by atoms with Crippen molar-refractivity contribution >= 4 is 0 Å². The van der Waals surface area contributed by atoms with Crippen LogP contribution in [0.25, 0.3) is 0 Å². The van der Waals surface area contributed by atoms with Gasteiger partial charge < -0.3 is 9.26 Å². The molecule has 0 unspecified atom stereocenters. The van der Waals surface area contributed by atoms with Crippen LogP contribution in [0.15, 0.2) is 28.8 Å². The van der Waals surface area contributed by atoms with Crippen LogP contribution in [-0.4, -0.2) is 5.16 Å². The molecule has 0 saturated carbocycles. The second kappa shape index (κ2) is 4.35. The maximum atomic E-state index is 12.8. The number of hydrogen-bond donors (Lipinski definition) is 0. The Morgan fingerprint density at radius 1 is 1.31 bits per heavy atom. The van der Waals surface area contributed by atoms with Gasteiger partial charge in [0.1, 0.15) is 29.6 Å². The quantitative estimate of drug-likeness (QED) is 0.799. The van der Waals surface area contributed by atoms with Crippen molar-refractivity contribution in [3.63, 3.8) is 0 Å². The zero-order valence-corrected chi connectivity index (χ0v) is 9.16. The molecule has 1 aromatic heterocycles. The van der Waals surface area contributed by atoms with Crippen molar-refractivity contribution in [2.24, 2.45) is 0 Å². The molecule has 1 aromatic carbocycles. The van der Waals surface area contributed by atoms with E-state index in [9.17, 15) is 4.39 Å². The van der Waals surface area contributed by atoms with E-state index < -0.39 is 0 Å². The Morgan fingerprint density at radius 3 is 2.75 bits per heavy atom. The Labute approximate surface area is 92.8 Å². The highest BCUT2D eigenvalue weighted by Gasteiger charge is 2.04. The first-order chi connectivity index (χ1) is 7.65. The Balaban J connectivity index is 2.04. The summed E-state index contributed by atoms with van der Waals surface area (Å²) in [5, 5.41) is 3.80. The zero-order valence-electron chi connectivity index (χ0n) is 9.16. The number of benzene rings is 1. The van der Waals surface area contributed by atoms with Crippen molar-refractivity contribution < 1.29 is 13.7 Å². The van der Waals surface area contributed by atoms with Crippen LogP contribution in [0, 0.1) is 19.7 Å². The zero-order chi connectivity index (χ0) is 11.5. The lowest BCUT2D eigenvalue weighted by molar-refractivity contribution is 0.285. The summed E-state index contributed by atoms with van der Waals surface area (Å²) < 4.78 is 23.2. The van der Waals surface area contributed by atoms with Crippen molar-refractivity contribution in [2.75, 3.05) is 0 Å². The lowest BCUT2D eigenvalue weighted by Gasteiger charge is -2.06. The molecule has 0 aliphatic heterocycles. The van der Waals surface area contributed by atoms with Crippen LogP contribution >= 0.6 is 0 Å². The molecule has 4 heteroatoms. The molecule has 3 nitrogen and oxygen atoms in total. The number of aryl methyl sites for hydroxylation is 2. The summed E-state index contributed by atoms with van der Waals surface area (Å²) in [6.07, 6.45) is 0. The normalized spacial score (nSPS) is 10.4. The second-order valence-electron chi connectivity index (χ2n) is 3.63. The molecule has 0 radical (unpaired) electrons. The molecule has 0 fully saturated rings. The fraction of sp³-hybridized carbons (Fsp3) is 0.250. The predicted molar refractivity (Wildman–Crippen MR) is 56.7 cm³/mol. The number of ether oxygens (including phenoxy) is 1. The van der Waals surface area contributed by atoms with E-state index in [1.807, 2.05) is 6.92 Å². The monoisotopic (exact) mass is 221 g/mol. The average Bonchev–Trinajstić information content (AvgIpc) is 2.63. The Morgan fingerprint density at radius 2 is 2.12 bits per heavy atom. The molecule has 0 saturated heterocycles.